The molecule has 0 aliphatic rings. The van der Waals surface area contributed by atoms with Crippen LogP contribution in [-0.4, -0.2) is 31.4 Å². The van der Waals surface area contributed by atoms with Crippen LogP contribution in [0.2, 0.25) is 0 Å². The number of hydrogen-bond acceptors (Lipinski definition) is 4. The molecule has 0 bridgehead atoms. The highest BCUT2D eigenvalue weighted by atomic mass is 16.5. The summed E-state index contributed by atoms with van der Waals surface area (Å²) >= 11 is 0. The Hall–Kier alpha value is -2.86. The van der Waals surface area contributed by atoms with E-state index in [9.17, 15) is 9.59 Å². The first-order valence-electron chi connectivity index (χ1n) is 8.10. The number of likely N-dealkylation sites (N-methyl/N-ethyl adjacent to an activating group) is 1. The van der Waals surface area contributed by atoms with E-state index in [-0.39, 0.29) is 18.4 Å². The van der Waals surface area contributed by atoms with Crippen LogP contribution in [0.5, 0.6) is 5.75 Å². The second-order valence-electron chi connectivity index (χ2n) is 5.56. The highest BCUT2D eigenvalue weighted by molar-refractivity contribution is 5.95. The van der Waals surface area contributed by atoms with Gasteiger partial charge in [0.2, 0.25) is 11.8 Å². The largest absolute Gasteiger partial charge is 0.489 e. The molecule has 2 rings (SSSR count). The molecule has 2 aromatic carbocycles. The van der Waals surface area contributed by atoms with Gasteiger partial charge in [-0.25, -0.2) is 0 Å². The van der Waals surface area contributed by atoms with Gasteiger partial charge >= 0.3 is 0 Å². The summed E-state index contributed by atoms with van der Waals surface area (Å²) < 4.78 is 5.71. The molecule has 0 saturated carbocycles. The molecular formula is C19H23N3O3. The van der Waals surface area contributed by atoms with E-state index < -0.39 is 6.04 Å². The molecule has 2 amide bonds. The summed E-state index contributed by atoms with van der Waals surface area (Å²) in [4.78, 5) is 23.3. The van der Waals surface area contributed by atoms with E-state index in [0.29, 0.717) is 12.3 Å². The predicted octanol–water partition coefficient (Wildman–Crippen LogP) is 1.93. The number of ether oxygens (including phenoxy) is 1. The van der Waals surface area contributed by atoms with Crippen LogP contribution in [0.1, 0.15) is 12.5 Å². The molecule has 25 heavy (non-hydrogen) atoms. The lowest BCUT2D eigenvalue weighted by molar-refractivity contribution is -0.120. The van der Waals surface area contributed by atoms with Crippen molar-refractivity contribution < 1.29 is 14.3 Å². The van der Waals surface area contributed by atoms with Gasteiger partial charge in [0.1, 0.15) is 12.4 Å². The summed E-state index contributed by atoms with van der Waals surface area (Å²) in [5.41, 5.74) is 1.77. The topological polar surface area (TPSA) is 79.5 Å². The number of anilines is 1. The molecular weight excluding hydrogens is 318 g/mol. The Kier molecular flexibility index (Phi) is 6.98. The smallest absolute Gasteiger partial charge is 0.241 e. The Balaban J connectivity index is 1.81. The number of amides is 2. The minimum atomic E-state index is -0.480. The third-order valence-electron chi connectivity index (χ3n) is 3.61. The first-order valence-corrected chi connectivity index (χ1v) is 8.10. The van der Waals surface area contributed by atoms with Crippen molar-refractivity contribution in [1.29, 1.82) is 0 Å². The molecule has 2 aromatic rings. The van der Waals surface area contributed by atoms with E-state index in [4.69, 9.17) is 4.74 Å². The van der Waals surface area contributed by atoms with Crippen LogP contribution in [0.25, 0.3) is 0 Å². The van der Waals surface area contributed by atoms with E-state index in [1.54, 1.807) is 38.2 Å². The molecule has 0 radical (unpaired) electrons. The van der Waals surface area contributed by atoms with Gasteiger partial charge in [-0.15, -0.1) is 0 Å². The fraction of sp³-hybridized carbons (Fsp3) is 0.263. The van der Waals surface area contributed by atoms with Gasteiger partial charge in [0.05, 0.1) is 12.6 Å². The van der Waals surface area contributed by atoms with Crippen molar-refractivity contribution in [2.75, 3.05) is 18.9 Å². The van der Waals surface area contributed by atoms with Crippen molar-refractivity contribution in [2.24, 2.45) is 0 Å². The first-order chi connectivity index (χ1) is 12.1. The molecule has 132 valence electrons. The average Bonchev–Trinajstić information content (AvgIpc) is 2.66. The Bertz CT molecular complexity index is 687. The average molecular weight is 341 g/mol. The molecule has 0 unspecified atom stereocenters. The van der Waals surface area contributed by atoms with E-state index in [1.807, 2.05) is 30.3 Å². The van der Waals surface area contributed by atoms with E-state index in [2.05, 4.69) is 16.0 Å². The zero-order valence-electron chi connectivity index (χ0n) is 14.4. The highest BCUT2D eigenvalue weighted by Gasteiger charge is 2.13. The maximum absolute atomic E-state index is 12.1. The molecule has 6 heteroatoms. The monoisotopic (exact) mass is 341 g/mol. The van der Waals surface area contributed by atoms with Crippen LogP contribution < -0.4 is 20.7 Å². The number of carbonyl (C=O) groups excluding carboxylic acids is 2. The fourth-order valence-electron chi connectivity index (χ4n) is 2.05. The summed E-state index contributed by atoms with van der Waals surface area (Å²) in [6.07, 6.45) is 0. The summed E-state index contributed by atoms with van der Waals surface area (Å²) in [5, 5.41) is 8.14. The number of carbonyl (C=O) groups is 2. The van der Waals surface area contributed by atoms with Crippen LogP contribution in [0.15, 0.2) is 54.6 Å². The van der Waals surface area contributed by atoms with Crippen molar-refractivity contribution in [3.63, 3.8) is 0 Å². The van der Waals surface area contributed by atoms with Crippen molar-refractivity contribution in [3.05, 3.63) is 60.2 Å². The zero-order valence-corrected chi connectivity index (χ0v) is 14.4. The third kappa shape index (κ3) is 6.27. The van der Waals surface area contributed by atoms with E-state index >= 15 is 0 Å². The summed E-state index contributed by atoms with van der Waals surface area (Å²) in [5.74, 6) is 0.356. The summed E-state index contributed by atoms with van der Waals surface area (Å²) in [6, 6.07) is 16.6. The quantitative estimate of drug-likeness (QED) is 0.685. The molecule has 0 aliphatic heterocycles. The van der Waals surface area contributed by atoms with Gasteiger partial charge in [-0.1, -0.05) is 30.3 Å². The SMILES string of the molecule is CNC(=O)CN[C@H](C)C(=O)Nc1ccc(OCc2ccccc2)cc1. The van der Waals surface area contributed by atoms with Gasteiger partial charge in [-0.3, -0.25) is 14.9 Å². The number of rotatable bonds is 8. The maximum Gasteiger partial charge on any atom is 0.241 e. The van der Waals surface area contributed by atoms with Gasteiger partial charge in [0.15, 0.2) is 0 Å². The van der Waals surface area contributed by atoms with Gasteiger partial charge < -0.3 is 15.4 Å². The number of benzene rings is 2. The van der Waals surface area contributed by atoms with E-state index in [0.717, 1.165) is 11.3 Å². The lowest BCUT2D eigenvalue weighted by Crippen LogP contribution is -2.42. The van der Waals surface area contributed by atoms with Crippen molar-refractivity contribution in [2.45, 2.75) is 19.6 Å². The summed E-state index contributed by atoms with van der Waals surface area (Å²) in [7, 11) is 1.55. The van der Waals surface area contributed by atoms with Crippen molar-refractivity contribution in [1.82, 2.24) is 10.6 Å². The number of hydrogen-bond donors (Lipinski definition) is 3. The molecule has 0 aliphatic carbocycles. The van der Waals surface area contributed by atoms with Crippen LogP contribution >= 0.6 is 0 Å². The lowest BCUT2D eigenvalue weighted by atomic mass is 10.2. The van der Waals surface area contributed by atoms with Crippen LogP contribution in [0, 0.1) is 0 Å². The Morgan fingerprint density at radius 3 is 2.36 bits per heavy atom. The van der Waals surface area contributed by atoms with Crippen LogP contribution in [0.4, 0.5) is 5.69 Å². The van der Waals surface area contributed by atoms with E-state index in [1.165, 1.54) is 0 Å². The van der Waals surface area contributed by atoms with Gasteiger partial charge in [-0.2, -0.15) is 0 Å². The summed E-state index contributed by atoms with van der Waals surface area (Å²) in [6.45, 7) is 2.29. The third-order valence-corrected chi connectivity index (χ3v) is 3.61. The minimum absolute atomic E-state index is 0.0946. The standard InChI is InChI=1S/C19H23N3O3/c1-14(21-12-18(23)20-2)19(24)22-16-8-10-17(11-9-16)25-13-15-6-4-3-5-7-15/h3-11,14,21H,12-13H2,1-2H3,(H,20,23)(H,22,24)/t14-/m1/s1. The lowest BCUT2D eigenvalue weighted by Gasteiger charge is -2.14. The van der Waals surface area contributed by atoms with Crippen molar-refractivity contribution in [3.8, 4) is 5.75 Å². The van der Waals surface area contributed by atoms with Gasteiger partial charge in [0, 0.05) is 12.7 Å². The Labute approximate surface area is 147 Å². The zero-order chi connectivity index (χ0) is 18.1. The van der Waals surface area contributed by atoms with Crippen molar-refractivity contribution >= 4 is 17.5 Å². The normalized spacial score (nSPS) is 11.4. The Morgan fingerprint density at radius 2 is 1.72 bits per heavy atom. The molecule has 0 heterocycles. The second kappa shape index (κ2) is 9.44. The molecule has 0 saturated heterocycles. The molecule has 0 aromatic heterocycles. The molecule has 0 spiro atoms. The molecule has 1 atom stereocenters. The Morgan fingerprint density at radius 1 is 1.04 bits per heavy atom. The van der Waals surface area contributed by atoms with Crippen LogP contribution in [-0.2, 0) is 16.2 Å². The molecule has 3 N–H and O–H groups in total. The minimum Gasteiger partial charge on any atom is -0.489 e. The van der Waals surface area contributed by atoms with Gasteiger partial charge in [0.25, 0.3) is 0 Å². The maximum atomic E-state index is 12.1. The highest BCUT2D eigenvalue weighted by Crippen LogP contribution is 2.17. The molecule has 6 nitrogen and oxygen atoms in total. The van der Waals surface area contributed by atoms with Crippen LogP contribution in [0.3, 0.4) is 0 Å². The first kappa shape index (κ1) is 18.5. The second-order valence-corrected chi connectivity index (χ2v) is 5.56. The number of nitrogens with one attached hydrogen (secondary N) is 3. The fourth-order valence-corrected chi connectivity index (χ4v) is 2.05. The predicted molar refractivity (Wildman–Crippen MR) is 97.4 cm³/mol. The van der Waals surface area contributed by atoms with Gasteiger partial charge in [-0.05, 0) is 36.8 Å². The molecule has 0 fully saturated rings.